The van der Waals surface area contributed by atoms with E-state index in [1.165, 1.54) is 29.0 Å². The summed E-state index contributed by atoms with van der Waals surface area (Å²) in [5, 5.41) is 20.4. The Hall–Kier alpha value is -1.82. The Labute approximate surface area is 147 Å². The second kappa shape index (κ2) is 7.20. The van der Waals surface area contributed by atoms with Gasteiger partial charge < -0.3 is 19.8 Å². The summed E-state index contributed by atoms with van der Waals surface area (Å²) >= 11 is 1.49. The number of ether oxygens (including phenoxy) is 1. The zero-order valence-corrected chi connectivity index (χ0v) is 14.8. The molecule has 4 atom stereocenters. The van der Waals surface area contributed by atoms with Crippen LogP contribution in [0, 0.1) is 6.08 Å². The van der Waals surface area contributed by atoms with Gasteiger partial charge in [0.05, 0.1) is 18.8 Å². The number of aromatic nitrogens is 4. The van der Waals surface area contributed by atoms with Crippen LogP contribution in [0.2, 0.25) is 0 Å². The summed E-state index contributed by atoms with van der Waals surface area (Å²) in [6.07, 6.45) is 0.0695. The number of imidazole rings is 1. The lowest BCUT2D eigenvalue weighted by Gasteiger charge is -2.16. The van der Waals surface area contributed by atoms with E-state index >= 15 is 0 Å². The van der Waals surface area contributed by atoms with Crippen LogP contribution in [0.15, 0.2) is 11.3 Å². The van der Waals surface area contributed by atoms with E-state index in [9.17, 15) is 14.6 Å². The van der Waals surface area contributed by atoms with Crippen LogP contribution in [-0.2, 0) is 4.74 Å². The van der Waals surface area contributed by atoms with Gasteiger partial charge in [0, 0.05) is 19.8 Å². The first kappa shape index (κ1) is 18.0. The highest BCUT2D eigenvalue weighted by molar-refractivity contribution is 7.98. The molecule has 0 unspecified atom stereocenters. The first-order valence-corrected chi connectivity index (χ1v) is 8.93. The van der Waals surface area contributed by atoms with Crippen LogP contribution in [0.5, 0.6) is 0 Å². The molecule has 9 nitrogen and oxygen atoms in total. The van der Waals surface area contributed by atoms with Crippen molar-refractivity contribution in [1.29, 1.82) is 0 Å². The summed E-state index contributed by atoms with van der Waals surface area (Å²) in [5.74, 6) is 0.590. The lowest BCUT2D eigenvalue weighted by atomic mass is 10.1. The van der Waals surface area contributed by atoms with Crippen LogP contribution in [0.4, 0.5) is 10.2 Å². The summed E-state index contributed by atoms with van der Waals surface area (Å²) < 4.78 is 21.0. The molecule has 136 valence electrons. The Kier molecular flexibility index (Phi) is 5.18. The van der Waals surface area contributed by atoms with Crippen molar-refractivity contribution in [2.45, 2.75) is 24.5 Å². The molecule has 0 aromatic carbocycles. The molecule has 2 N–H and O–H groups in total. The SMILES string of the molecule is CSC[C@H]1O[C@@H](n2cnc3c(N=CN(C)C)nc(F)nc32)[C@H](O)[C@@H]1O. The maximum Gasteiger partial charge on any atom is 0.312 e. The monoisotopic (exact) mass is 370 g/mol. The fourth-order valence-electron chi connectivity index (χ4n) is 2.58. The first-order chi connectivity index (χ1) is 11.9. The van der Waals surface area contributed by atoms with E-state index < -0.39 is 30.6 Å². The van der Waals surface area contributed by atoms with E-state index in [0.717, 1.165) is 0 Å². The van der Waals surface area contributed by atoms with E-state index in [1.807, 2.05) is 6.26 Å². The number of rotatable bonds is 5. The van der Waals surface area contributed by atoms with Crippen LogP contribution in [0.25, 0.3) is 11.2 Å². The van der Waals surface area contributed by atoms with E-state index in [4.69, 9.17) is 4.74 Å². The third-order valence-electron chi connectivity index (χ3n) is 3.73. The van der Waals surface area contributed by atoms with Crippen molar-refractivity contribution in [3.8, 4) is 0 Å². The predicted octanol–water partition coefficient (Wildman–Crippen LogP) is 0.169. The van der Waals surface area contributed by atoms with Gasteiger partial charge in [-0.25, -0.2) is 9.98 Å². The number of hydrogen-bond donors (Lipinski definition) is 2. The molecule has 0 radical (unpaired) electrons. The fraction of sp³-hybridized carbons (Fsp3) is 0.571. The number of halogens is 1. The molecule has 25 heavy (non-hydrogen) atoms. The van der Waals surface area contributed by atoms with Gasteiger partial charge in [-0.15, -0.1) is 0 Å². The van der Waals surface area contributed by atoms with Gasteiger partial charge >= 0.3 is 6.08 Å². The predicted molar refractivity (Wildman–Crippen MR) is 91.4 cm³/mol. The van der Waals surface area contributed by atoms with Gasteiger partial charge in [-0.05, 0) is 6.26 Å². The normalized spacial score (nSPS) is 26.8. The molecule has 0 spiro atoms. The molecule has 0 amide bonds. The summed E-state index contributed by atoms with van der Waals surface area (Å²) in [5.41, 5.74) is 0.414. The Morgan fingerprint density at radius 3 is 2.84 bits per heavy atom. The number of nitrogens with zero attached hydrogens (tertiary/aromatic N) is 6. The minimum absolute atomic E-state index is 0.0728. The molecule has 0 saturated carbocycles. The van der Waals surface area contributed by atoms with Crippen LogP contribution >= 0.6 is 11.8 Å². The zero-order chi connectivity index (χ0) is 18.1. The maximum atomic E-state index is 13.8. The summed E-state index contributed by atoms with van der Waals surface area (Å²) in [6.45, 7) is 0. The molecule has 11 heteroatoms. The van der Waals surface area contributed by atoms with Crippen molar-refractivity contribution < 1.29 is 19.3 Å². The molecular formula is C14H19FN6O3S. The minimum atomic E-state index is -1.18. The van der Waals surface area contributed by atoms with Gasteiger partial charge in [-0.2, -0.15) is 26.1 Å². The lowest BCUT2D eigenvalue weighted by molar-refractivity contribution is -0.0289. The second-order valence-electron chi connectivity index (χ2n) is 5.85. The van der Waals surface area contributed by atoms with Crippen LogP contribution in [-0.4, -0.2) is 85.4 Å². The number of aliphatic hydroxyl groups excluding tert-OH is 2. The van der Waals surface area contributed by atoms with Crippen molar-refractivity contribution >= 4 is 35.1 Å². The van der Waals surface area contributed by atoms with Crippen molar-refractivity contribution in [2.75, 3.05) is 26.1 Å². The standard InChI is InChI=1S/C14H19FN6O3S/c1-20(2)5-17-11-8-12(19-14(15)18-11)21(6-16-8)13-10(23)9(22)7(24-13)4-25-3/h5-7,9-10,13,22-23H,4H2,1-3H3/t7-,9-,10-,13-/m1/s1. The van der Waals surface area contributed by atoms with Crippen LogP contribution in [0.1, 0.15) is 6.23 Å². The largest absolute Gasteiger partial charge is 0.387 e. The van der Waals surface area contributed by atoms with Gasteiger partial charge in [-0.3, -0.25) is 4.57 Å². The summed E-state index contributed by atoms with van der Waals surface area (Å²) in [7, 11) is 3.54. The molecule has 0 bridgehead atoms. The molecule has 1 aliphatic heterocycles. The Balaban J connectivity index is 2.01. The number of aliphatic imine (C=N–C) groups is 1. The highest BCUT2D eigenvalue weighted by atomic mass is 32.2. The first-order valence-electron chi connectivity index (χ1n) is 7.53. The maximum absolute atomic E-state index is 13.8. The molecule has 3 rings (SSSR count). The smallest absolute Gasteiger partial charge is 0.312 e. The van der Waals surface area contributed by atoms with Gasteiger partial charge in [0.25, 0.3) is 0 Å². The van der Waals surface area contributed by atoms with Crippen LogP contribution < -0.4 is 0 Å². The highest BCUT2D eigenvalue weighted by Crippen LogP contribution is 2.33. The van der Waals surface area contributed by atoms with E-state index in [1.54, 1.807) is 19.0 Å². The highest BCUT2D eigenvalue weighted by Gasteiger charge is 2.44. The van der Waals surface area contributed by atoms with Gasteiger partial charge in [-0.1, -0.05) is 0 Å². The van der Waals surface area contributed by atoms with Gasteiger partial charge in [0.1, 0.15) is 12.2 Å². The Bertz CT molecular complexity index is 785. The molecule has 2 aromatic rings. The third kappa shape index (κ3) is 3.45. The lowest BCUT2D eigenvalue weighted by Crippen LogP contribution is -2.32. The molecule has 1 saturated heterocycles. The van der Waals surface area contributed by atoms with E-state index in [-0.39, 0.29) is 17.0 Å². The van der Waals surface area contributed by atoms with Gasteiger partial charge in [0.2, 0.25) is 0 Å². The molecular weight excluding hydrogens is 351 g/mol. The van der Waals surface area contributed by atoms with Crippen molar-refractivity contribution in [2.24, 2.45) is 4.99 Å². The molecule has 2 aromatic heterocycles. The summed E-state index contributed by atoms with van der Waals surface area (Å²) in [4.78, 5) is 17.4. The fourth-order valence-corrected chi connectivity index (χ4v) is 3.19. The minimum Gasteiger partial charge on any atom is -0.387 e. The van der Waals surface area contributed by atoms with Gasteiger partial charge in [0.15, 0.2) is 23.2 Å². The number of hydrogen-bond acceptors (Lipinski definition) is 8. The average Bonchev–Trinajstić information content (AvgIpc) is 3.09. The molecule has 1 aliphatic rings. The number of fused-ring (bicyclic) bond motifs is 1. The molecule has 3 heterocycles. The van der Waals surface area contributed by atoms with Crippen molar-refractivity contribution in [1.82, 2.24) is 24.4 Å². The van der Waals surface area contributed by atoms with E-state index in [2.05, 4.69) is 19.9 Å². The van der Waals surface area contributed by atoms with Crippen LogP contribution in [0.3, 0.4) is 0 Å². The summed E-state index contributed by atoms with van der Waals surface area (Å²) in [6, 6.07) is 0. The number of thioether (sulfide) groups is 1. The van der Waals surface area contributed by atoms with Crippen molar-refractivity contribution in [3.05, 3.63) is 12.4 Å². The molecule has 1 fully saturated rings. The Morgan fingerprint density at radius 1 is 1.40 bits per heavy atom. The second-order valence-corrected chi connectivity index (χ2v) is 6.76. The number of aliphatic hydroxyl groups is 2. The Morgan fingerprint density at radius 2 is 2.16 bits per heavy atom. The topological polar surface area (TPSA) is 109 Å². The molecule has 0 aliphatic carbocycles. The quantitative estimate of drug-likeness (QED) is 0.436. The average molecular weight is 370 g/mol. The van der Waals surface area contributed by atoms with Crippen molar-refractivity contribution in [3.63, 3.8) is 0 Å². The van der Waals surface area contributed by atoms with E-state index in [0.29, 0.717) is 5.75 Å². The third-order valence-corrected chi connectivity index (χ3v) is 4.39. The zero-order valence-electron chi connectivity index (χ0n) is 13.9.